The lowest BCUT2D eigenvalue weighted by Gasteiger charge is -2.27. The molecule has 17 heavy (non-hydrogen) atoms. The van der Waals surface area contributed by atoms with Crippen LogP contribution in [0.3, 0.4) is 0 Å². The van der Waals surface area contributed by atoms with Gasteiger partial charge in [0.15, 0.2) is 0 Å². The Hall–Kier alpha value is -1.07. The van der Waals surface area contributed by atoms with Gasteiger partial charge in [0.1, 0.15) is 0 Å². The van der Waals surface area contributed by atoms with Gasteiger partial charge in [0.2, 0.25) is 0 Å². The second-order valence-corrected chi connectivity index (χ2v) is 4.30. The topological polar surface area (TPSA) is 32.3 Å². The van der Waals surface area contributed by atoms with Crippen LogP contribution in [0.4, 0.5) is 13.2 Å². The van der Waals surface area contributed by atoms with Crippen molar-refractivity contribution in [3.63, 3.8) is 0 Å². The summed E-state index contributed by atoms with van der Waals surface area (Å²) in [6, 6.07) is 5.05. The summed E-state index contributed by atoms with van der Waals surface area (Å²) in [6.45, 7) is 0.687. The molecule has 0 aliphatic carbocycles. The third-order valence-electron chi connectivity index (χ3n) is 3.02. The molecule has 2 N–H and O–H groups in total. The van der Waals surface area contributed by atoms with E-state index >= 15 is 0 Å². The van der Waals surface area contributed by atoms with E-state index in [9.17, 15) is 18.3 Å². The zero-order valence-electron chi connectivity index (χ0n) is 9.17. The molecule has 1 aromatic rings. The van der Waals surface area contributed by atoms with E-state index < -0.39 is 11.7 Å². The van der Waals surface area contributed by atoms with Crippen molar-refractivity contribution in [2.45, 2.75) is 31.2 Å². The van der Waals surface area contributed by atoms with Crippen LogP contribution >= 0.6 is 0 Å². The van der Waals surface area contributed by atoms with E-state index in [1.54, 1.807) is 0 Å². The molecule has 1 aromatic carbocycles. The molecule has 5 heteroatoms. The predicted octanol–water partition coefficient (Wildman–Crippen LogP) is 2.49. The van der Waals surface area contributed by atoms with E-state index in [4.69, 9.17) is 0 Å². The number of piperidine rings is 1. The number of aliphatic hydroxyl groups excluding tert-OH is 1. The third kappa shape index (κ3) is 2.98. The first-order chi connectivity index (χ1) is 7.97. The average molecular weight is 245 g/mol. The maximum Gasteiger partial charge on any atom is 0.416 e. The van der Waals surface area contributed by atoms with Crippen LogP contribution in [0.15, 0.2) is 24.3 Å². The Morgan fingerprint density at radius 1 is 1.18 bits per heavy atom. The molecule has 1 aliphatic heterocycles. The monoisotopic (exact) mass is 245 g/mol. The number of alkyl halides is 3. The summed E-state index contributed by atoms with van der Waals surface area (Å²) >= 11 is 0. The maximum atomic E-state index is 12.4. The van der Waals surface area contributed by atoms with Crippen molar-refractivity contribution in [1.82, 2.24) is 5.32 Å². The Kier molecular flexibility index (Phi) is 3.40. The van der Waals surface area contributed by atoms with E-state index in [1.165, 1.54) is 12.1 Å². The molecule has 1 saturated heterocycles. The van der Waals surface area contributed by atoms with E-state index in [2.05, 4.69) is 5.32 Å². The standard InChI is InChI=1S/C12H14F3NO/c13-12(14,15)9-3-1-8(2-4-9)11-7-10(17)5-6-16-11/h1-4,10-11,16-17H,5-7H2. The van der Waals surface area contributed by atoms with Gasteiger partial charge in [0.25, 0.3) is 0 Å². The van der Waals surface area contributed by atoms with E-state index in [0.29, 0.717) is 19.4 Å². The molecule has 2 atom stereocenters. The first-order valence-electron chi connectivity index (χ1n) is 5.55. The fourth-order valence-electron chi connectivity index (χ4n) is 2.06. The van der Waals surface area contributed by atoms with Crippen molar-refractivity contribution in [2.75, 3.05) is 6.54 Å². The van der Waals surface area contributed by atoms with Crippen molar-refractivity contribution in [1.29, 1.82) is 0 Å². The van der Waals surface area contributed by atoms with E-state index in [-0.39, 0.29) is 12.1 Å². The molecular weight excluding hydrogens is 231 g/mol. The molecule has 2 nitrogen and oxygen atoms in total. The average Bonchev–Trinajstić information content (AvgIpc) is 2.28. The van der Waals surface area contributed by atoms with E-state index in [0.717, 1.165) is 17.7 Å². The quantitative estimate of drug-likeness (QED) is 0.796. The number of hydrogen-bond donors (Lipinski definition) is 2. The van der Waals surface area contributed by atoms with Gasteiger partial charge in [0.05, 0.1) is 11.7 Å². The molecule has 2 unspecified atom stereocenters. The normalized spacial score (nSPS) is 25.9. The maximum absolute atomic E-state index is 12.4. The molecule has 1 fully saturated rings. The summed E-state index contributed by atoms with van der Waals surface area (Å²) in [5, 5.41) is 12.7. The van der Waals surface area contributed by atoms with Gasteiger partial charge in [-0.15, -0.1) is 0 Å². The highest BCUT2D eigenvalue weighted by Crippen LogP contribution is 2.31. The molecule has 1 heterocycles. The number of hydrogen-bond acceptors (Lipinski definition) is 2. The fourth-order valence-corrected chi connectivity index (χ4v) is 2.06. The van der Waals surface area contributed by atoms with Gasteiger partial charge >= 0.3 is 6.18 Å². The van der Waals surface area contributed by atoms with Crippen LogP contribution in [0.5, 0.6) is 0 Å². The molecule has 0 radical (unpaired) electrons. The number of rotatable bonds is 1. The van der Waals surface area contributed by atoms with Gasteiger partial charge in [-0.2, -0.15) is 13.2 Å². The largest absolute Gasteiger partial charge is 0.416 e. The molecule has 94 valence electrons. The third-order valence-corrected chi connectivity index (χ3v) is 3.02. The summed E-state index contributed by atoms with van der Waals surface area (Å²) in [5.74, 6) is 0. The molecule has 0 saturated carbocycles. The van der Waals surface area contributed by atoms with Gasteiger partial charge in [-0.05, 0) is 37.1 Å². The molecular formula is C12H14F3NO. The molecule has 1 aliphatic rings. The van der Waals surface area contributed by atoms with Gasteiger partial charge in [-0.1, -0.05) is 12.1 Å². The number of benzene rings is 1. The van der Waals surface area contributed by atoms with Crippen LogP contribution in [0.2, 0.25) is 0 Å². The van der Waals surface area contributed by atoms with Crippen LogP contribution in [0.25, 0.3) is 0 Å². The van der Waals surface area contributed by atoms with Crippen LogP contribution in [-0.2, 0) is 6.18 Å². The second-order valence-electron chi connectivity index (χ2n) is 4.30. The molecule has 2 rings (SSSR count). The second kappa shape index (κ2) is 4.66. The zero-order valence-corrected chi connectivity index (χ0v) is 9.17. The van der Waals surface area contributed by atoms with Gasteiger partial charge in [-0.25, -0.2) is 0 Å². The Morgan fingerprint density at radius 2 is 1.82 bits per heavy atom. The van der Waals surface area contributed by atoms with Crippen molar-refractivity contribution in [2.24, 2.45) is 0 Å². The number of halogens is 3. The Balaban J connectivity index is 2.12. The van der Waals surface area contributed by atoms with Gasteiger partial charge in [0, 0.05) is 6.04 Å². The van der Waals surface area contributed by atoms with Crippen molar-refractivity contribution in [3.8, 4) is 0 Å². The summed E-state index contributed by atoms with van der Waals surface area (Å²) in [7, 11) is 0. The van der Waals surface area contributed by atoms with Crippen molar-refractivity contribution in [3.05, 3.63) is 35.4 Å². The van der Waals surface area contributed by atoms with Crippen LogP contribution in [0, 0.1) is 0 Å². The smallest absolute Gasteiger partial charge is 0.393 e. The lowest BCUT2D eigenvalue weighted by Crippen LogP contribution is -2.34. The van der Waals surface area contributed by atoms with Crippen molar-refractivity contribution < 1.29 is 18.3 Å². The van der Waals surface area contributed by atoms with Crippen LogP contribution in [-0.4, -0.2) is 17.8 Å². The van der Waals surface area contributed by atoms with E-state index in [1.807, 2.05) is 0 Å². The van der Waals surface area contributed by atoms with Crippen molar-refractivity contribution >= 4 is 0 Å². The molecule has 0 amide bonds. The summed E-state index contributed by atoms with van der Waals surface area (Å²) < 4.78 is 37.1. The summed E-state index contributed by atoms with van der Waals surface area (Å²) in [5.41, 5.74) is 0.148. The Bertz CT molecular complexity index is 374. The van der Waals surface area contributed by atoms with Crippen LogP contribution < -0.4 is 5.32 Å². The zero-order chi connectivity index (χ0) is 12.5. The Labute approximate surface area is 97.5 Å². The lowest BCUT2D eigenvalue weighted by molar-refractivity contribution is -0.137. The SMILES string of the molecule is OC1CCNC(c2ccc(C(F)(F)F)cc2)C1. The lowest BCUT2D eigenvalue weighted by atomic mass is 9.95. The minimum absolute atomic E-state index is 0.0546. The van der Waals surface area contributed by atoms with Gasteiger partial charge in [-0.3, -0.25) is 0 Å². The highest BCUT2D eigenvalue weighted by Gasteiger charge is 2.30. The molecule has 0 spiro atoms. The van der Waals surface area contributed by atoms with Gasteiger partial charge < -0.3 is 10.4 Å². The predicted molar refractivity (Wildman–Crippen MR) is 57.4 cm³/mol. The number of nitrogens with one attached hydrogen (secondary N) is 1. The molecule has 0 bridgehead atoms. The minimum atomic E-state index is -4.29. The van der Waals surface area contributed by atoms with Crippen LogP contribution in [0.1, 0.15) is 30.0 Å². The minimum Gasteiger partial charge on any atom is -0.393 e. The number of aliphatic hydroxyl groups is 1. The molecule has 0 aromatic heterocycles. The first-order valence-corrected chi connectivity index (χ1v) is 5.55. The summed E-state index contributed by atoms with van der Waals surface area (Å²) in [6.07, 6.45) is -3.43. The first kappa shape index (κ1) is 12.4. The highest BCUT2D eigenvalue weighted by molar-refractivity contribution is 5.27. The highest BCUT2D eigenvalue weighted by atomic mass is 19.4. The summed E-state index contributed by atoms with van der Waals surface area (Å²) in [4.78, 5) is 0. The fraction of sp³-hybridized carbons (Fsp3) is 0.500. The Morgan fingerprint density at radius 3 is 2.35 bits per heavy atom.